The van der Waals surface area contributed by atoms with Gasteiger partial charge >= 0.3 is 0 Å². The maximum absolute atomic E-state index is 6.25. The molecule has 4 nitrogen and oxygen atoms in total. The van der Waals surface area contributed by atoms with Gasteiger partial charge in [0.15, 0.2) is 0 Å². The third kappa shape index (κ3) is 3.93. The van der Waals surface area contributed by atoms with E-state index in [2.05, 4.69) is 24.2 Å². The van der Waals surface area contributed by atoms with Crippen molar-refractivity contribution in [1.29, 1.82) is 0 Å². The van der Waals surface area contributed by atoms with E-state index in [-0.39, 0.29) is 6.04 Å². The molecule has 0 aromatic carbocycles. The molecule has 2 N–H and O–H groups in total. The Morgan fingerprint density at radius 2 is 1.94 bits per heavy atom. The number of nitrogens with zero attached hydrogens (tertiary/aromatic N) is 3. The van der Waals surface area contributed by atoms with Gasteiger partial charge in [-0.15, -0.1) is 5.10 Å². The number of nitrogens with two attached hydrogens (primary N) is 1. The quantitative estimate of drug-likeness (QED) is 0.769. The highest BCUT2D eigenvalue weighted by molar-refractivity contribution is 4.96. The third-order valence-electron chi connectivity index (χ3n) is 3.02. The Morgan fingerprint density at radius 1 is 1.31 bits per heavy atom. The SMILES string of the molecule is CCCC(CCC)C(N)Cc1cn(C)nn1. The van der Waals surface area contributed by atoms with Crippen LogP contribution >= 0.6 is 0 Å². The van der Waals surface area contributed by atoms with E-state index in [1.165, 1.54) is 25.7 Å². The third-order valence-corrected chi connectivity index (χ3v) is 3.02. The Morgan fingerprint density at radius 3 is 2.38 bits per heavy atom. The molecular weight excluding hydrogens is 200 g/mol. The standard InChI is InChI=1S/C12H24N4/c1-4-6-10(7-5-2)12(13)8-11-9-16(3)15-14-11/h9-10,12H,4-8,13H2,1-3H3. The van der Waals surface area contributed by atoms with E-state index >= 15 is 0 Å². The lowest BCUT2D eigenvalue weighted by molar-refractivity contribution is 0.358. The van der Waals surface area contributed by atoms with E-state index in [4.69, 9.17) is 5.73 Å². The van der Waals surface area contributed by atoms with Crippen molar-refractivity contribution >= 4 is 0 Å². The van der Waals surface area contributed by atoms with Gasteiger partial charge in [-0.25, -0.2) is 0 Å². The highest BCUT2D eigenvalue weighted by Gasteiger charge is 2.17. The molecule has 4 heteroatoms. The van der Waals surface area contributed by atoms with E-state index < -0.39 is 0 Å². The molecule has 1 heterocycles. The highest BCUT2D eigenvalue weighted by Crippen LogP contribution is 2.18. The van der Waals surface area contributed by atoms with Crippen LogP contribution in [0.25, 0.3) is 0 Å². The predicted octanol–water partition coefficient (Wildman–Crippen LogP) is 1.90. The van der Waals surface area contributed by atoms with E-state index in [0.29, 0.717) is 5.92 Å². The van der Waals surface area contributed by atoms with Crippen molar-refractivity contribution in [2.45, 2.75) is 52.0 Å². The van der Waals surface area contributed by atoms with E-state index in [1.54, 1.807) is 4.68 Å². The smallest absolute Gasteiger partial charge is 0.0842 e. The van der Waals surface area contributed by atoms with Crippen molar-refractivity contribution < 1.29 is 0 Å². The van der Waals surface area contributed by atoms with Crippen LogP contribution in [0, 0.1) is 5.92 Å². The summed E-state index contributed by atoms with van der Waals surface area (Å²) >= 11 is 0. The van der Waals surface area contributed by atoms with Crippen molar-refractivity contribution in [3.63, 3.8) is 0 Å². The number of aryl methyl sites for hydroxylation is 1. The first-order chi connectivity index (χ1) is 7.67. The lowest BCUT2D eigenvalue weighted by Gasteiger charge is -2.22. The van der Waals surface area contributed by atoms with Gasteiger partial charge in [-0.3, -0.25) is 4.68 Å². The zero-order chi connectivity index (χ0) is 12.0. The molecule has 0 spiro atoms. The van der Waals surface area contributed by atoms with E-state index in [0.717, 1.165) is 12.1 Å². The summed E-state index contributed by atoms with van der Waals surface area (Å²) in [7, 11) is 1.89. The molecule has 0 aliphatic rings. The lowest BCUT2D eigenvalue weighted by Crippen LogP contribution is -2.32. The van der Waals surface area contributed by atoms with Crippen molar-refractivity contribution in [3.8, 4) is 0 Å². The maximum Gasteiger partial charge on any atom is 0.0842 e. The van der Waals surface area contributed by atoms with Crippen LogP contribution in [0.2, 0.25) is 0 Å². The minimum atomic E-state index is 0.219. The fraction of sp³-hybridized carbons (Fsp3) is 0.833. The summed E-state index contributed by atoms with van der Waals surface area (Å²) in [6, 6.07) is 0.219. The van der Waals surface area contributed by atoms with Crippen LogP contribution < -0.4 is 5.73 Å². The molecule has 0 bridgehead atoms. The molecule has 1 aromatic rings. The van der Waals surface area contributed by atoms with E-state index in [1.807, 2.05) is 13.2 Å². The largest absolute Gasteiger partial charge is 0.327 e. The zero-order valence-electron chi connectivity index (χ0n) is 10.7. The van der Waals surface area contributed by atoms with Gasteiger partial charge in [0.05, 0.1) is 5.69 Å². The second kappa shape index (κ2) is 6.63. The van der Waals surface area contributed by atoms with Crippen LogP contribution in [0.15, 0.2) is 6.20 Å². The first kappa shape index (κ1) is 13.2. The summed E-state index contributed by atoms with van der Waals surface area (Å²) in [5.41, 5.74) is 7.26. The molecule has 16 heavy (non-hydrogen) atoms. The minimum absolute atomic E-state index is 0.219. The predicted molar refractivity (Wildman–Crippen MR) is 66.0 cm³/mol. The lowest BCUT2D eigenvalue weighted by atomic mass is 9.88. The molecule has 1 rings (SSSR count). The number of hydrogen-bond donors (Lipinski definition) is 1. The second-order valence-electron chi connectivity index (χ2n) is 4.59. The highest BCUT2D eigenvalue weighted by atomic mass is 15.4. The Balaban J connectivity index is 2.50. The number of rotatable bonds is 7. The van der Waals surface area contributed by atoms with Gasteiger partial charge in [0.2, 0.25) is 0 Å². The molecule has 0 amide bonds. The van der Waals surface area contributed by atoms with Gasteiger partial charge in [0.25, 0.3) is 0 Å². The van der Waals surface area contributed by atoms with Crippen molar-refractivity contribution in [3.05, 3.63) is 11.9 Å². The zero-order valence-corrected chi connectivity index (χ0v) is 10.7. The number of aromatic nitrogens is 3. The summed E-state index contributed by atoms with van der Waals surface area (Å²) in [5, 5.41) is 8.02. The maximum atomic E-state index is 6.25. The number of hydrogen-bond acceptors (Lipinski definition) is 3. The first-order valence-electron chi connectivity index (χ1n) is 6.28. The molecule has 0 saturated carbocycles. The van der Waals surface area contributed by atoms with Gasteiger partial charge in [-0.05, 0) is 18.8 Å². The van der Waals surface area contributed by atoms with Crippen LogP contribution in [0.1, 0.15) is 45.2 Å². The average molecular weight is 224 g/mol. The molecule has 0 aliphatic heterocycles. The molecule has 92 valence electrons. The average Bonchev–Trinajstić information content (AvgIpc) is 2.63. The van der Waals surface area contributed by atoms with Gasteiger partial charge in [-0.1, -0.05) is 31.9 Å². The van der Waals surface area contributed by atoms with Gasteiger partial charge in [0.1, 0.15) is 0 Å². The van der Waals surface area contributed by atoms with Gasteiger partial charge < -0.3 is 5.73 Å². The normalized spacial score (nSPS) is 13.3. The summed E-state index contributed by atoms with van der Waals surface area (Å²) < 4.78 is 1.73. The molecule has 1 unspecified atom stereocenters. The summed E-state index contributed by atoms with van der Waals surface area (Å²) in [6.07, 6.45) is 7.65. The van der Waals surface area contributed by atoms with Crippen LogP contribution in [-0.2, 0) is 13.5 Å². The Hall–Kier alpha value is -0.900. The first-order valence-corrected chi connectivity index (χ1v) is 6.28. The van der Waals surface area contributed by atoms with Crippen LogP contribution in [0.5, 0.6) is 0 Å². The molecule has 0 aliphatic carbocycles. The molecular formula is C12H24N4. The van der Waals surface area contributed by atoms with Crippen molar-refractivity contribution in [1.82, 2.24) is 15.0 Å². The van der Waals surface area contributed by atoms with Gasteiger partial charge in [0, 0.05) is 25.7 Å². The molecule has 0 fully saturated rings. The van der Waals surface area contributed by atoms with Crippen LogP contribution in [-0.4, -0.2) is 21.0 Å². The minimum Gasteiger partial charge on any atom is -0.327 e. The molecule has 1 aromatic heterocycles. The summed E-state index contributed by atoms with van der Waals surface area (Å²) in [5.74, 6) is 0.622. The molecule has 0 radical (unpaired) electrons. The Bertz CT molecular complexity index is 289. The summed E-state index contributed by atoms with van der Waals surface area (Å²) in [6.45, 7) is 4.44. The van der Waals surface area contributed by atoms with Gasteiger partial charge in [-0.2, -0.15) is 0 Å². The molecule has 0 saturated heterocycles. The Kier molecular flexibility index (Phi) is 5.46. The van der Waals surface area contributed by atoms with Crippen LogP contribution in [0.4, 0.5) is 0 Å². The van der Waals surface area contributed by atoms with Crippen molar-refractivity contribution in [2.24, 2.45) is 18.7 Å². The molecule has 1 atom stereocenters. The fourth-order valence-electron chi connectivity index (χ4n) is 2.21. The second-order valence-corrected chi connectivity index (χ2v) is 4.59. The Labute approximate surface area is 98.2 Å². The summed E-state index contributed by atoms with van der Waals surface area (Å²) in [4.78, 5) is 0. The topological polar surface area (TPSA) is 56.7 Å². The van der Waals surface area contributed by atoms with Crippen LogP contribution in [0.3, 0.4) is 0 Å². The van der Waals surface area contributed by atoms with E-state index in [9.17, 15) is 0 Å². The fourth-order valence-corrected chi connectivity index (χ4v) is 2.21. The monoisotopic (exact) mass is 224 g/mol. The van der Waals surface area contributed by atoms with Crippen molar-refractivity contribution in [2.75, 3.05) is 0 Å².